The lowest BCUT2D eigenvalue weighted by molar-refractivity contribution is 1.06. The molecule has 0 N–H and O–H groups in total. The highest BCUT2D eigenvalue weighted by molar-refractivity contribution is 5.63. The summed E-state index contributed by atoms with van der Waals surface area (Å²) in [6.07, 6.45) is 11.7. The van der Waals surface area contributed by atoms with Crippen LogP contribution in [0.25, 0.3) is 0 Å². The molecule has 0 unspecified atom stereocenters. The predicted octanol–water partition coefficient (Wildman–Crippen LogP) is 4.64. The summed E-state index contributed by atoms with van der Waals surface area (Å²) in [5.74, 6) is 0. The SMILES string of the molecule is CC1=C=C(N(C2=CC=CC2)c2ccc(C)cc2)C=C1. The van der Waals surface area contributed by atoms with Gasteiger partial charge < -0.3 is 4.90 Å². The van der Waals surface area contributed by atoms with E-state index < -0.39 is 0 Å². The molecule has 0 amide bonds. The third-order valence-electron chi connectivity index (χ3n) is 3.39. The summed E-state index contributed by atoms with van der Waals surface area (Å²) in [6, 6.07) is 8.65. The molecule has 0 saturated heterocycles. The molecule has 94 valence electrons. The lowest BCUT2D eigenvalue weighted by Crippen LogP contribution is -2.19. The number of hydrogen-bond acceptors (Lipinski definition) is 1. The number of allylic oxidation sites excluding steroid dienone is 5. The number of benzene rings is 1. The van der Waals surface area contributed by atoms with Crippen LogP contribution in [0.5, 0.6) is 0 Å². The Morgan fingerprint density at radius 3 is 2.42 bits per heavy atom. The zero-order chi connectivity index (χ0) is 13.2. The summed E-state index contributed by atoms with van der Waals surface area (Å²) in [7, 11) is 0. The molecule has 19 heavy (non-hydrogen) atoms. The summed E-state index contributed by atoms with van der Waals surface area (Å²) in [5, 5.41) is 0. The highest BCUT2D eigenvalue weighted by atomic mass is 15.2. The first-order chi connectivity index (χ1) is 9.24. The number of hydrogen-bond donors (Lipinski definition) is 0. The van der Waals surface area contributed by atoms with E-state index in [-0.39, 0.29) is 0 Å². The Morgan fingerprint density at radius 1 is 1.05 bits per heavy atom. The van der Waals surface area contributed by atoms with Gasteiger partial charge in [-0.1, -0.05) is 35.6 Å². The van der Waals surface area contributed by atoms with Gasteiger partial charge in [0.1, 0.15) is 0 Å². The smallest absolute Gasteiger partial charge is 0.0890 e. The quantitative estimate of drug-likeness (QED) is 0.703. The van der Waals surface area contributed by atoms with Gasteiger partial charge in [0.2, 0.25) is 0 Å². The van der Waals surface area contributed by atoms with Gasteiger partial charge in [0.05, 0.1) is 5.70 Å². The molecule has 0 saturated carbocycles. The molecule has 0 bridgehead atoms. The standard InChI is InChI=1S/C18H17N/c1-14-7-10-17(11-8-14)19(16-5-3-4-6-16)18-12-9-15(2)13-18/h3-5,7-12H,6H2,1-2H3. The number of aryl methyl sites for hydroxylation is 1. The minimum absolute atomic E-state index is 0.978. The average molecular weight is 247 g/mol. The molecular formula is C18H17N. The van der Waals surface area contributed by atoms with Crippen molar-refractivity contribution in [1.29, 1.82) is 0 Å². The Morgan fingerprint density at radius 2 is 1.84 bits per heavy atom. The van der Waals surface area contributed by atoms with Crippen molar-refractivity contribution in [2.45, 2.75) is 20.3 Å². The van der Waals surface area contributed by atoms with E-state index in [0.29, 0.717) is 0 Å². The van der Waals surface area contributed by atoms with Crippen LogP contribution < -0.4 is 4.90 Å². The van der Waals surface area contributed by atoms with E-state index in [1.807, 2.05) is 0 Å². The Bertz CT molecular complexity index is 647. The number of nitrogens with zero attached hydrogens (tertiary/aromatic N) is 1. The third-order valence-corrected chi connectivity index (χ3v) is 3.39. The van der Waals surface area contributed by atoms with Gasteiger partial charge in [-0.3, -0.25) is 0 Å². The van der Waals surface area contributed by atoms with Gasteiger partial charge in [0, 0.05) is 17.8 Å². The van der Waals surface area contributed by atoms with Gasteiger partial charge in [-0.05, 0) is 49.8 Å². The van der Waals surface area contributed by atoms with Gasteiger partial charge in [-0.2, -0.15) is 0 Å². The topological polar surface area (TPSA) is 3.24 Å². The molecule has 1 heteroatoms. The largest absolute Gasteiger partial charge is 0.307 e. The second kappa shape index (κ2) is 4.79. The normalized spacial score (nSPS) is 16.4. The van der Waals surface area contributed by atoms with Crippen LogP contribution in [0.2, 0.25) is 0 Å². The molecule has 0 atom stereocenters. The molecule has 0 aromatic heterocycles. The maximum absolute atomic E-state index is 3.42. The van der Waals surface area contributed by atoms with E-state index >= 15 is 0 Å². The number of anilines is 1. The first-order valence-corrected chi connectivity index (χ1v) is 6.62. The summed E-state index contributed by atoms with van der Waals surface area (Å²) in [4.78, 5) is 2.28. The minimum atomic E-state index is 0.978. The molecule has 1 nitrogen and oxygen atoms in total. The predicted molar refractivity (Wildman–Crippen MR) is 80.9 cm³/mol. The van der Waals surface area contributed by atoms with Gasteiger partial charge in [-0.15, -0.1) is 0 Å². The molecule has 3 rings (SSSR count). The van der Waals surface area contributed by atoms with Crippen molar-refractivity contribution in [3.63, 3.8) is 0 Å². The van der Waals surface area contributed by atoms with Gasteiger partial charge >= 0.3 is 0 Å². The highest BCUT2D eigenvalue weighted by Crippen LogP contribution is 2.30. The van der Waals surface area contributed by atoms with Crippen molar-refractivity contribution >= 4 is 5.69 Å². The van der Waals surface area contributed by atoms with Crippen molar-refractivity contribution < 1.29 is 0 Å². The Hall–Kier alpha value is -2.24. The van der Waals surface area contributed by atoms with E-state index in [0.717, 1.165) is 12.1 Å². The fraction of sp³-hybridized carbons (Fsp3) is 0.167. The highest BCUT2D eigenvalue weighted by Gasteiger charge is 2.17. The van der Waals surface area contributed by atoms with Gasteiger partial charge in [0.15, 0.2) is 0 Å². The van der Waals surface area contributed by atoms with E-state index in [9.17, 15) is 0 Å². The van der Waals surface area contributed by atoms with Crippen LogP contribution in [0.15, 0.2) is 77.3 Å². The number of rotatable bonds is 3. The molecule has 0 aliphatic heterocycles. The molecule has 0 fully saturated rings. The van der Waals surface area contributed by atoms with Gasteiger partial charge in [0.25, 0.3) is 0 Å². The lowest BCUT2D eigenvalue weighted by Gasteiger charge is -2.25. The molecule has 1 aromatic rings. The summed E-state index contributed by atoms with van der Waals surface area (Å²) in [5.41, 5.74) is 9.50. The summed E-state index contributed by atoms with van der Waals surface area (Å²) >= 11 is 0. The second-order valence-corrected chi connectivity index (χ2v) is 4.99. The van der Waals surface area contributed by atoms with Crippen LogP contribution in [-0.2, 0) is 0 Å². The fourth-order valence-electron chi connectivity index (χ4n) is 2.37. The van der Waals surface area contributed by atoms with E-state index in [2.05, 4.69) is 79.1 Å². The second-order valence-electron chi connectivity index (χ2n) is 4.99. The van der Waals surface area contributed by atoms with Crippen molar-refractivity contribution in [3.05, 3.63) is 82.9 Å². The van der Waals surface area contributed by atoms with Crippen LogP contribution in [0.1, 0.15) is 18.9 Å². The van der Waals surface area contributed by atoms with Crippen LogP contribution in [0, 0.1) is 6.92 Å². The van der Waals surface area contributed by atoms with E-state index in [1.54, 1.807) is 0 Å². The van der Waals surface area contributed by atoms with Crippen LogP contribution in [0.3, 0.4) is 0 Å². The monoisotopic (exact) mass is 247 g/mol. The maximum atomic E-state index is 3.42. The van der Waals surface area contributed by atoms with Crippen molar-refractivity contribution in [2.24, 2.45) is 0 Å². The first-order valence-electron chi connectivity index (χ1n) is 6.62. The Balaban J connectivity index is 2.05. The Labute approximate surface area is 114 Å². The lowest BCUT2D eigenvalue weighted by atomic mass is 10.2. The van der Waals surface area contributed by atoms with Crippen LogP contribution in [0.4, 0.5) is 5.69 Å². The summed E-state index contributed by atoms with van der Waals surface area (Å²) < 4.78 is 0. The molecule has 2 aliphatic rings. The first kappa shape index (κ1) is 11.8. The Kier molecular flexibility index (Phi) is 2.98. The molecule has 0 spiro atoms. The maximum Gasteiger partial charge on any atom is 0.0890 e. The molecule has 0 heterocycles. The minimum Gasteiger partial charge on any atom is -0.307 e. The molecular weight excluding hydrogens is 230 g/mol. The van der Waals surface area contributed by atoms with E-state index in [4.69, 9.17) is 0 Å². The third kappa shape index (κ3) is 2.33. The summed E-state index contributed by atoms with van der Waals surface area (Å²) in [6.45, 7) is 4.20. The molecule has 1 aromatic carbocycles. The van der Waals surface area contributed by atoms with Crippen molar-refractivity contribution in [3.8, 4) is 0 Å². The average Bonchev–Trinajstić information content (AvgIpc) is 3.05. The van der Waals surface area contributed by atoms with Crippen LogP contribution >= 0.6 is 0 Å². The van der Waals surface area contributed by atoms with Gasteiger partial charge in [-0.25, -0.2) is 0 Å². The zero-order valence-electron chi connectivity index (χ0n) is 11.4. The van der Waals surface area contributed by atoms with Crippen molar-refractivity contribution in [1.82, 2.24) is 0 Å². The zero-order valence-corrected chi connectivity index (χ0v) is 11.4. The fourth-order valence-corrected chi connectivity index (χ4v) is 2.37. The molecule has 0 radical (unpaired) electrons. The van der Waals surface area contributed by atoms with E-state index in [1.165, 1.54) is 22.5 Å². The van der Waals surface area contributed by atoms with Crippen LogP contribution in [-0.4, -0.2) is 0 Å². The molecule has 2 aliphatic carbocycles. The van der Waals surface area contributed by atoms with Crippen molar-refractivity contribution in [2.75, 3.05) is 4.90 Å².